The van der Waals surface area contributed by atoms with E-state index in [1.54, 1.807) is 6.92 Å². The Labute approximate surface area is 154 Å². The SMILES string of the molecule is CC(C(=O)N1CCC(NCC2CC2)CC1)N1C(=O)NC2(CCCC2)C1=O. The molecule has 2 N–H and O–H groups in total. The molecule has 1 spiro atoms. The van der Waals surface area contributed by atoms with Crippen LogP contribution < -0.4 is 10.6 Å². The average Bonchev–Trinajstić information content (AvgIpc) is 3.30. The molecule has 0 radical (unpaired) electrons. The van der Waals surface area contributed by atoms with E-state index in [0.717, 1.165) is 38.1 Å². The second kappa shape index (κ2) is 6.83. The molecule has 7 heteroatoms. The van der Waals surface area contributed by atoms with Crippen LogP contribution in [0.1, 0.15) is 58.3 Å². The van der Waals surface area contributed by atoms with Crippen molar-refractivity contribution in [1.29, 1.82) is 0 Å². The van der Waals surface area contributed by atoms with Gasteiger partial charge in [-0.1, -0.05) is 12.8 Å². The molecule has 0 bridgehead atoms. The molecular weight excluding hydrogens is 332 g/mol. The number of imide groups is 1. The number of nitrogens with one attached hydrogen (secondary N) is 2. The van der Waals surface area contributed by atoms with E-state index in [-0.39, 0.29) is 11.8 Å². The number of carbonyl (C=O) groups excluding carboxylic acids is 3. The van der Waals surface area contributed by atoms with E-state index in [1.165, 1.54) is 17.7 Å². The number of urea groups is 1. The summed E-state index contributed by atoms with van der Waals surface area (Å²) in [4.78, 5) is 41.1. The van der Waals surface area contributed by atoms with Gasteiger partial charge < -0.3 is 15.5 Å². The summed E-state index contributed by atoms with van der Waals surface area (Å²) >= 11 is 0. The lowest BCUT2D eigenvalue weighted by molar-refractivity contribution is -0.143. The summed E-state index contributed by atoms with van der Waals surface area (Å²) < 4.78 is 0. The first kappa shape index (κ1) is 17.8. The molecule has 26 heavy (non-hydrogen) atoms. The van der Waals surface area contributed by atoms with Gasteiger partial charge in [0.25, 0.3) is 5.91 Å². The first-order valence-electron chi connectivity index (χ1n) is 10.2. The molecule has 2 heterocycles. The summed E-state index contributed by atoms with van der Waals surface area (Å²) in [5.41, 5.74) is -0.745. The maximum Gasteiger partial charge on any atom is 0.325 e. The summed E-state index contributed by atoms with van der Waals surface area (Å²) in [5, 5.41) is 6.47. The number of hydrogen-bond acceptors (Lipinski definition) is 4. The lowest BCUT2D eigenvalue weighted by Gasteiger charge is -2.35. The number of amides is 4. The zero-order chi connectivity index (χ0) is 18.3. The summed E-state index contributed by atoms with van der Waals surface area (Å²) in [6, 6.07) is -0.648. The molecule has 1 unspecified atom stereocenters. The molecule has 0 aromatic rings. The summed E-state index contributed by atoms with van der Waals surface area (Å²) in [5.74, 6) is 0.545. The summed E-state index contributed by atoms with van der Waals surface area (Å²) in [6.45, 7) is 4.17. The van der Waals surface area contributed by atoms with Crippen molar-refractivity contribution in [3.63, 3.8) is 0 Å². The summed E-state index contributed by atoms with van der Waals surface area (Å²) in [6.07, 6.45) is 7.84. The quantitative estimate of drug-likeness (QED) is 0.721. The van der Waals surface area contributed by atoms with E-state index in [4.69, 9.17) is 0 Å². The molecular formula is C19H30N4O3. The highest BCUT2D eigenvalue weighted by molar-refractivity contribution is 6.09. The van der Waals surface area contributed by atoms with Gasteiger partial charge in [-0.25, -0.2) is 9.69 Å². The molecule has 1 atom stereocenters. The number of piperidine rings is 1. The predicted octanol–water partition coefficient (Wildman–Crippen LogP) is 1.23. The van der Waals surface area contributed by atoms with Crippen LogP contribution >= 0.6 is 0 Å². The monoisotopic (exact) mass is 362 g/mol. The lowest BCUT2D eigenvalue weighted by atomic mass is 9.97. The first-order valence-corrected chi connectivity index (χ1v) is 10.2. The van der Waals surface area contributed by atoms with Crippen LogP contribution in [0.15, 0.2) is 0 Å². The maximum absolute atomic E-state index is 12.9. The van der Waals surface area contributed by atoms with Crippen LogP contribution in [0.25, 0.3) is 0 Å². The van der Waals surface area contributed by atoms with Crippen LogP contribution in [0, 0.1) is 5.92 Å². The van der Waals surface area contributed by atoms with Crippen molar-refractivity contribution >= 4 is 17.8 Å². The van der Waals surface area contributed by atoms with Crippen LogP contribution in [-0.4, -0.2) is 64.9 Å². The number of rotatable bonds is 5. The normalized spacial score (nSPS) is 27.3. The minimum atomic E-state index is -0.745. The van der Waals surface area contributed by atoms with Crippen molar-refractivity contribution < 1.29 is 14.4 Å². The Hall–Kier alpha value is -1.63. The Bertz CT molecular complexity index is 590. The van der Waals surface area contributed by atoms with Gasteiger partial charge in [0.05, 0.1) is 0 Å². The van der Waals surface area contributed by atoms with Crippen molar-refractivity contribution in [3.8, 4) is 0 Å². The fraction of sp³-hybridized carbons (Fsp3) is 0.842. The minimum Gasteiger partial charge on any atom is -0.341 e. The largest absolute Gasteiger partial charge is 0.341 e. The molecule has 4 amide bonds. The molecule has 7 nitrogen and oxygen atoms in total. The first-order chi connectivity index (χ1) is 12.5. The molecule has 0 aromatic heterocycles. The van der Waals surface area contributed by atoms with Gasteiger partial charge in [-0.15, -0.1) is 0 Å². The molecule has 2 aliphatic carbocycles. The second-order valence-corrected chi connectivity index (χ2v) is 8.52. The van der Waals surface area contributed by atoms with Crippen LogP contribution in [0.2, 0.25) is 0 Å². The Morgan fingerprint density at radius 3 is 2.46 bits per heavy atom. The van der Waals surface area contributed by atoms with Crippen LogP contribution in [-0.2, 0) is 9.59 Å². The van der Waals surface area contributed by atoms with Crippen molar-refractivity contribution in [2.24, 2.45) is 5.92 Å². The number of nitrogens with zero attached hydrogens (tertiary/aromatic N) is 2. The molecule has 2 aliphatic heterocycles. The van der Waals surface area contributed by atoms with E-state index in [1.807, 2.05) is 4.90 Å². The van der Waals surface area contributed by atoms with Gasteiger partial charge in [0, 0.05) is 19.1 Å². The van der Waals surface area contributed by atoms with Crippen molar-refractivity contribution in [2.45, 2.75) is 75.9 Å². The van der Waals surface area contributed by atoms with Gasteiger partial charge >= 0.3 is 6.03 Å². The molecule has 144 valence electrons. The van der Waals surface area contributed by atoms with Crippen molar-refractivity contribution in [3.05, 3.63) is 0 Å². The van der Waals surface area contributed by atoms with Crippen LogP contribution in [0.3, 0.4) is 0 Å². The van der Waals surface area contributed by atoms with Gasteiger partial charge in [0.15, 0.2) is 0 Å². The van der Waals surface area contributed by atoms with Crippen LogP contribution in [0.4, 0.5) is 4.79 Å². The Morgan fingerprint density at radius 1 is 1.19 bits per heavy atom. The highest BCUT2D eigenvalue weighted by Crippen LogP contribution is 2.36. The van der Waals surface area contributed by atoms with E-state index >= 15 is 0 Å². The zero-order valence-corrected chi connectivity index (χ0v) is 15.6. The van der Waals surface area contributed by atoms with E-state index < -0.39 is 17.6 Å². The summed E-state index contributed by atoms with van der Waals surface area (Å²) in [7, 11) is 0. The highest BCUT2D eigenvalue weighted by Gasteiger charge is 2.54. The van der Waals surface area contributed by atoms with E-state index in [9.17, 15) is 14.4 Å². The predicted molar refractivity (Wildman–Crippen MR) is 96.4 cm³/mol. The third-order valence-electron chi connectivity index (χ3n) is 6.59. The van der Waals surface area contributed by atoms with Crippen LogP contribution in [0.5, 0.6) is 0 Å². The Kier molecular flexibility index (Phi) is 4.67. The Morgan fingerprint density at radius 2 is 1.85 bits per heavy atom. The topological polar surface area (TPSA) is 81.8 Å². The molecule has 4 rings (SSSR count). The standard InChI is InChI=1S/C19H30N4O3/c1-13(23-17(25)19(21-18(23)26)8-2-3-9-19)16(24)22-10-6-15(7-11-22)20-12-14-4-5-14/h13-15,20H,2-12H2,1H3,(H,21,26). The maximum atomic E-state index is 12.9. The van der Waals surface area contributed by atoms with Gasteiger partial charge in [-0.05, 0) is 57.9 Å². The third-order valence-corrected chi connectivity index (χ3v) is 6.59. The van der Waals surface area contributed by atoms with Crippen molar-refractivity contribution in [1.82, 2.24) is 20.4 Å². The molecule has 2 saturated heterocycles. The van der Waals surface area contributed by atoms with Crippen molar-refractivity contribution in [2.75, 3.05) is 19.6 Å². The number of likely N-dealkylation sites (tertiary alicyclic amines) is 1. The highest BCUT2D eigenvalue weighted by atomic mass is 16.2. The fourth-order valence-corrected chi connectivity index (χ4v) is 4.64. The van der Waals surface area contributed by atoms with Gasteiger partial charge in [-0.3, -0.25) is 9.59 Å². The van der Waals surface area contributed by atoms with Gasteiger partial charge in [0.1, 0.15) is 11.6 Å². The third kappa shape index (κ3) is 3.21. The van der Waals surface area contributed by atoms with E-state index in [0.29, 0.717) is 32.0 Å². The molecule has 2 saturated carbocycles. The minimum absolute atomic E-state index is 0.107. The zero-order valence-electron chi connectivity index (χ0n) is 15.6. The molecule has 4 aliphatic rings. The lowest BCUT2D eigenvalue weighted by Crippen LogP contribution is -2.54. The number of hydrogen-bond donors (Lipinski definition) is 2. The second-order valence-electron chi connectivity index (χ2n) is 8.52. The van der Waals surface area contributed by atoms with Gasteiger partial charge in [0.2, 0.25) is 5.91 Å². The fourth-order valence-electron chi connectivity index (χ4n) is 4.64. The van der Waals surface area contributed by atoms with E-state index in [2.05, 4.69) is 10.6 Å². The number of carbonyl (C=O) groups is 3. The van der Waals surface area contributed by atoms with Gasteiger partial charge in [-0.2, -0.15) is 0 Å². The molecule has 0 aromatic carbocycles. The Balaban J connectivity index is 1.33. The smallest absolute Gasteiger partial charge is 0.325 e. The average molecular weight is 362 g/mol. The molecule has 4 fully saturated rings.